The SMILES string of the molecule is COc1ccc(/C=C/C(=O)N2CCN(c3ccc(Cl)cc3[N+](=O)[O-])CC2)cc1F. The van der Waals surface area contributed by atoms with Crippen molar-refractivity contribution in [3.63, 3.8) is 0 Å². The Labute approximate surface area is 172 Å². The summed E-state index contributed by atoms with van der Waals surface area (Å²) in [6.07, 6.45) is 2.93. The van der Waals surface area contributed by atoms with Gasteiger partial charge in [0.1, 0.15) is 5.69 Å². The van der Waals surface area contributed by atoms with Crippen LogP contribution in [0.5, 0.6) is 5.75 Å². The Morgan fingerprint density at radius 1 is 1.21 bits per heavy atom. The fraction of sp³-hybridized carbons (Fsp3) is 0.250. The number of halogens is 2. The predicted molar refractivity (Wildman–Crippen MR) is 109 cm³/mol. The maximum Gasteiger partial charge on any atom is 0.294 e. The number of piperazine rings is 1. The van der Waals surface area contributed by atoms with E-state index in [0.29, 0.717) is 42.5 Å². The van der Waals surface area contributed by atoms with Gasteiger partial charge in [0.05, 0.1) is 12.0 Å². The van der Waals surface area contributed by atoms with Gasteiger partial charge in [-0.25, -0.2) is 4.39 Å². The Kier molecular flexibility index (Phi) is 6.33. The molecule has 1 saturated heterocycles. The second-order valence-electron chi connectivity index (χ2n) is 6.43. The van der Waals surface area contributed by atoms with Crippen LogP contribution in [0.25, 0.3) is 6.08 Å². The first kappa shape index (κ1) is 20.6. The van der Waals surface area contributed by atoms with Gasteiger partial charge in [0.15, 0.2) is 11.6 Å². The molecule has 1 fully saturated rings. The summed E-state index contributed by atoms with van der Waals surface area (Å²) in [7, 11) is 1.38. The lowest BCUT2D eigenvalue weighted by Crippen LogP contribution is -2.48. The molecule has 1 heterocycles. The molecule has 0 aliphatic carbocycles. The smallest absolute Gasteiger partial charge is 0.294 e. The van der Waals surface area contributed by atoms with E-state index in [-0.39, 0.29) is 17.3 Å². The molecule has 2 aromatic rings. The zero-order chi connectivity index (χ0) is 21.0. The van der Waals surface area contributed by atoms with Crippen molar-refractivity contribution in [3.8, 4) is 5.75 Å². The van der Waals surface area contributed by atoms with E-state index in [2.05, 4.69) is 0 Å². The third-order valence-electron chi connectivity index (χ3n) is 4.66. The Morgan fingerprint density at radius 3 is 2.55 bits per heavy atom. The highest BCUT2D eigenvalue weighted by Crippen LogP contribution is 2.31. The van der Waals surface area contributed by atoms with Crippen LogP contribution in [0.15, 0.2) is 42.5 Å². The van der Waals surface area contributed by atoms with Gasteiger partial charge in [-0.15, -0.1) is 0 Å². The number of amides is 1. The predicted octanol–water partition coefficient (Wildman–Crippen LogP) is 3.76. The number of nitro groups is 1. The molecule has 7 nitrogen and oxygen atoms in total. The van der Waals surface area contributed by atoms with Crippen LogP contribution in [0.2, 0.25) is 5.02 Å². The van der Waals surface area contributed by atoms with Gasteiger partial charge >= 0.3 is 0 Å². The van der Waals surface area contributed by atoms with Gasteiger partial charge < -0.3 is 14.5 Å². The molecule has 0 unspecified atom stereocenters. The molecule has 1 aliphatic heterocycles. The molecular weight excluding hydrogens is 401 g/mol. The summed E-state index contributed by atoms with van der Waals surface area (Å²) in [6.45, 7) is 1.75. The van der Waals surface area contributed by atoms with E-state index in [1.807, 2.05) is 4.90 Å². The van der Waals surface area contributed by atoms with Crippen molar-refractivity contribution in [1.29, 1.82) is 0 Å². The molecule has 29 heavy (non-hydrogen) atoms. The number of rotatable bonds is 5. The topological polar surface area (TPSA) is 75.9 Å². The van der Waals surface area contributed by atoms with Crippen LogP contribution >= 0.6 is 11.6 Å². The highest BCUT2D eigenvalue weighted by atomic mass is 35.5. The number of anilines is 1. The van der Waals surface area contributed by atoms with Crippen molar-refractivity contribution in [2.75, 3.05) is 38.2 Å². The molecule has 1 aliphatic rings. The molecule has 3 rings (SSSR count). The summed E-state index contributed by atoms with van der Waals surface area (Å²) in [5, 5.41) is 11.6. The average Bonchev–Trinajstić information content (AvgIpc) is 2.72. The molecule has 0 radical (unpaired) electrons. The molecule has 0 atom stereocenters. The van der Waals surface area contributed by atoms with E-state index in [4.69, 9.17) is 16.3 Å². The Hall–Kier alpha value is -3.13. The number of nitrogens with zero attached hydrogens (tertiary/aromatic N) is 3. The third-order valence-corrected chi connectivity index (χ3v) is 4.90. The molecule has 0 spiro atoms. The van der Waals surface area contributed by atoms with E-state index in [1.54, 1.807) is 29.2 Å². The fourth-order valence-corrected chi connectivity index (χ4v) is 3.30. The molecule has 0 N–H and O–H groups in total. The van der Waals surface area contributed by atoms with Gasteiger partial charge in [-0.3, -0.25) is 14.9 Å². The minimum atomic E-state index is -0.500. The monoisotopic (exact) mass is 419 g/mol. The van der Waals surface area contributed by atoms with Crippen LogP contribution in [0, 0.1) is 15.9 Å². The van der Waals surface area contributed by atoms with Crippen LogP contribution < -0.4 is 9.64 Å². The molecule has 0 aromatic heterocycles. The summed E-state index contributed by atoms with van der Waals surface area (Å²) in [6, 6.07) is 9.00. The molecule has 9 heteroatoms. The number of nitro benzene ring substituents is 1. The first-order valence-electron chi connectivity index (χ1n) is 8.88. The fourth-order valence-electron chi connectivity index (χ4n) is 3.14. The summed E-state index contributed by atoms with van der Waals surface area (Å²) in [4.78, 5) is 26.8. The standard InChI is InChI=1S/C20H19ClFN3O4/c1-29-19-6-2-14(12-16(19)22)3-7-20(26)24-10-8-23(9-11-24)17-5-4-15(21)13-18(17)25(27)28/h2-7,12-13H,8-11H2,1H3/b7-3+. The lowest BCUT2D eigenvalue weighted by Gasteiger charge is -2.35. The van der Waals surface area contributed by atoms with Crippen LogP contribution in [-0.2, 0) is 4.79 Å². The van der Waals surface area contributed by atoms with Crippen molar-refractivity contribution >= 4 is 35.0 Å². The van der Waals surface area contributed by atoms with E-state index in [0.717, 1.165) is 0 Å². The number of benzene rings is 2. The van der Waals surface area contributed by atoms with Gasteiger partial charge in [-0.05, 0) is 35.9 Å². The largest absolute Gasteiger partial charge is 0.494 e. The molecule has 0 saturated carbocycles. The van der Waals surface area contributed by atoms with Gasteiger partial charge in [0.25, 0.3) is 5.69 Å². The van der Waals surface area contributed by atoms with E-state index in [9.17, 15) is 19.3 Å². The lowest BCUT2D eigenvalue weighted by atomic mass is 10.2. The van der Waals surface area contributed by atoms with Crippen LogP contribution in [-0.4, -0.2) is 49.0 Å². The summed E-state index contributed by atoms with van der Waals surface area (Å²) >= 11 is 5.86. The van der Waals surface area contributed by atoms with Gasteiger partial charge in [-0.1, -0.05) is 17.7 Å². The highest BCUT2D eigenvalue weighted by molar-refractivity contribution is 6.30. The zero-order valence-electron chi connectivity index (χ0n) is 15.7. The quantitative estimate of drug-likeness (QED) is 0.419. The van der Waals surface area contributed by atoms with Gasteiger partial charge in [-0.2, -0.15) is 0 Å². The van der Waals surface area contributed by atoms with E-state index in [1.165, 1.54) is 31.4 Å². The van der Waals surface area contributed by atoms with Crippen molar-refractivity contribution in [3.05, 3.63) is 69.0 Å². The summed E-state index contributed by atoms with van der Waals surface area (Å²) in [5.74, 6) is -0.562. The van der Waals surface area contributed by atoms with Crippen molar-refractivity contribution in [2.45, 2.75) is 0 Å². The number of carbonyl (C=O) groups excluding carboxylic acids is 1. The van der Waals surface area contributed by atoms with E-state index >= 15 is 0 Å². The maximum atomic E-state index is 13.7. The lowest BCUT2D eigenvalue weighted by molar-refractivity contribution is -0.384. The summed E-state index contributed by atoms with van der Waals surface area (Å²) in [5.41, 5.74) is 0.974. The number of hydrogen-bond donors (Lipinski definition) is 0. The molecule has 152 valence electrons. The van der Waals surface area contributed by atoms with Crippen molar-refractivity contribution in [1.82, 2.24) is 4.90 Å². The zero-order valence-corrected chi connectivity index (χ0v) is 16.4. The number of methoxy groups -OCH3 is 1. The third kappa shape index (κ3) is 4.83. The van der Waals surface area contributed by atoms with Crippen molar-refractivity contribution < 1.29 is 18.8 Å². The van der Waals surface area contributed by atoms with Gasteiger partial charge in [0.2, 0.25) is 5.91 Å². The average molecular weight is 420 g/mol. The first-order chi connectivity index (χ1) is 13.9. The Morgan fingerprint density at radius 2 is 1.93 bits per heavy atom. The minimum Gasteiger partial charge on any atom is -0.494 e. The van der Waals surface area contributed by atoms with Crippen molar-refractivity contribution in [2.24, 2.45) is 0 Å². The number of carbonyl (C=O) groups is 1. The minimum absolute atomic E-state index is 0.0568. The van der Waals surface area contributed by atoms with Crippen LogP contribution in [0.1, 0.15) is 5.56 Å². The molecular formula is C20H19ClFN3O4. The second-order valence-corrected chi connectivity index (χ2v) is 6.87. The molecule has 1 amide bonds. The van der Waals surface area contributed by atoms with Crippen LogP contribution in [0.4, 0.5) is 15.8 Å². The highest BCUT2D eigenvalue weighted by Gasteiger charge is 2.25. The van der Waals surface area contributed by atoms with Crippen LogP contribution in [0.3, 0.4) is 0 Å². The number of hydrogen-bond acceptors (Lipinski definition) is 5. The van der Waals surface area contributed by atoms with E-state index < -0.39 is 10.7 Å². The molecule has 0 bridgehead atoms. The maximum absolute atomic E-state index is 13.7. The number of ether oxygens (including phenoxy) is 1. The summed E-state index contributed by atoms with van der Waals surface area (Å²) < 4.78 is 18.6. The normalized spacial score (nSPS) is 14.3. The van der Waals surface area contributed by atoms with Gasteiger partial charge in [0, 0.05) is 43.3 Å². The first-order valence-corrected chi connectivity index (χ1v) is 9.26. The Balaban J connectivity index is 1.63. The molecule has 2 aromatic carbocycles. The second kappa shape index (κ2) is 8.91. The Bertz CT molecular complexity index is 959.